The highest BCUT2D eigenvalue weighted by molar-refractivity contribution is 6.05. The van der Waals surface area contributed by atoms with Gasteiger partial charge in [0, 0.05) is 0 Å². The standard InChI is InChI=1S/C30H30O6/c1-28(2,21-9-7-17-32-21)23-13-11-19(34-23)27(31)20-12-14-24(35-20)30(5,6)26-16-15-25(36-26)29(3,4)22-10-8-18-33-22/h7-18H,1-6H3. The molecule has 5 rings (SSSR count). The van der Waals surface area contributed by atoms with Crippen molar-refractivity contribution in [2.75, 3.05) is 0 Å². The lowest BCUT2D eigenvalue weighted by molar-refractivity contribution is 0.0976. The van der Waals surface area contributed by atoms with Gasteiger partial charge in [0.25, 0.3) is 5.78 Å². The fraction of sp³-hybridized carbons (Fsp3) is 0.300. The van der Waals surface area contributed by atoms with Gasteiger partial charge in [-0.25, -0.2) is 0 Å². The first-order valence-corrected chi connectivity index (χ1v) is 12.0. The Kier molecular flexibility index (Phi) is 5.51. The maximum Gasteiger partial charge on any atom is 0.263 e. The van der Waals surface area contributed by atoms with Gasteiger partial charge in [0.1, 0.15) is 34.6 Å². The molecule has 186 valence electrons. The van der Waals surface area contributed by atoms with Gasteiger partial charge in [-0.1, -0.05) is 0 Å². The Balaban J connectivity index is 1.38. The smallest absolute Gasteiger partial charge is 0.263 e. The zero-order chi connectivity index (χ0) is 25.7. The van der Waals surface area contributed by atoms with Crippen LogP contribution in [0.25, 0.3) is 0 Å². The van der Waals surface area contributed by atoms with Crippen LogP contribution in [0.2, 0.25) is 0 Å². The van der Waals surface area contributed by atoms with Gasteiger partial charge in [-0.3, -0.25) is 4.79 Å². The summed E-state index contributed by atoms with van der Waals surface area (Å²) in [6.07, 6.45) is 3.28. The van der Waals surface area contributed by atoms with Crippen molar-refractivity contribution in [2.45, 2.75) is 57.8 Å². The van der Waals surface area contributed by atoms with Crippen LogP contribution in [0.15, 0.2) is 95.3 Å². The highest BCUT2D eigenvalue weighted by Gasteiger charge is 2.36. The van der Waals surface area contributed by atoms with Crippen LogP contribution in [0.4, 0.5) is 0 Å². The molecule has 36 heavy (non-hydrogen) atoms. The first-order valence-electron chi connectivity index (χ1n) is 12.0. The largest absolute Gasteiger partial charge is 0.468 e. The molecule has 5 aromatic rings. The van der Waals surface area contributed by atoms with Crippen LogP contribution in [0.1, 0.15) is 92.4 Å². The number of rotatable bonds is 8. The van der Waals surface area contributed by atoms with Crippen molar-refractivity contribution in [3.63, 3.8) is 0 Å². The summed E-state index contributed by atoms with van der Waals surface area (Å²) in [5, 5.41) is 0. The molecule has 0 bridgehead atoms. The minimum Gasteiger partial charge on any atom is -0.468 e. The van der Waals surface area contributed by atoms with Crippen LogP contribution in [0.3, 0.4) is 0 Å². The topological polar surface area (TPSA) is 82.8 Å². The van der Waals surface area contributed by atoms with E-state index in [1.807, 2.05) is 70.2 Å². The van der Waals surface area contributed by atoms with E-state index in [0.29, 0.717) is 11.5 Å². The molecular weight excluding hydrogens is 456 g/mol. The van der Waals surface area contributed by atoms with Crippen molar-refractivity contribution in [1.82, 2.24) is 0 Å². The molecule has 0 aliphatic rings. The maximum absolute atomic E-state index is 13.2. The van der Waals surface area contributed by atoms with Crippen LogP contribution in [-0.2, 0) is 16.2 Å². The third-order valence-corrected chi connectivity index (χ3v) is 7.00. The third kappa shape index (κ3) is 3.87. The molecule has 0 amide bonds. The van der Waals surface area contributed by atoms with Crippen LogP contribution in [0, 0.1) is 0 Å². The molecule has 6 nitrogen and oxygen atoms in total. The molecule has 0 aromatic carbocycles. The molecule has 0 aliphatic heterocycles. The lowest BCUT2D eigenvalue weighted by Gasteiger charge is -2.22. The van der Waals surface area contributed by atoms with Gasteiger partial charge in [0.15, 0.2) is 11.5 Å². The van der Waals surface area contributed by atoms with Crippen LogP contribution in [-0.4, -0.2) is 5.78 Å². The van der Waals surface area contributed by atoms with E-state index in [0.717, 1.165) is 23.0 Å². The number of carbonyl (C=O) groups excluding carboxylic acids is 1. The summed E-state index contributed by atoms with van der Waals surface area (Å²) in [6, 6.07) is 18.4. The van der Waals surface area contributed by atoms with Crippen molar-refractivity contribution < 1.29 is 26.9 Å². The molecule has 0 unspecified atom stereocenters. The number of hydrogen-bond acceptors (Lipinski definition) is 6. The second-order valence-corrected chi connectivity index (χ2v) is 10.7. The van der Waals surface area contributed by atoms with Crippen molar-refractivity contribution >= 4 is 5.78 Å². The first-order chi connectivity index (χ1) is 17.0. The average Bonchev–Trinajstić information content (AvgIpc) is 3.68. The molecule has 0 aliphatic carbocycles. The second kappa shape index (κ2) is 8.33. The Bertz CT molecular complexity index is 1470. The zero-order valence-corrected chi connectivity index (χ0v) is 21.4. The van der Waals surface area contributed by atoms with Crippen LogP contribution >= 0.6 is 0 Å². The lowest BCUT2D eigenvalue weighted by atomic mass is 9.87. The van der Waals surface area contributed by atoms with Crippen molar-refractivity contribution in [1.29, 1.82) is 0 Å². The summed E-state index contributed by atoms with van der Waals surface area (Å²) >= 11 is 0. The minimum absolute atomic E-state index is 0.206. The fourth-order valence-electron chi connectivity index (χ4n) is 4.36. The number of ketones is 1. The summed E-state index contributed by atoms with van der Waals surface area (Å²) in [5.41, 5.74) is -1.55. The molecule has 0 saturated carbocycles. The molecule has 0 fully saturated rings. The fourth-order valence-corrected chi connectivity index (χ4v) is 4.36. The van der Waals surface area contributed by atoms with E-state index in [4.69, 9.17) is 22.1 Å². The Labute approximate surface area is 209 Å². The van der Waals surface area contributed by atoms with Gasteiger partial charge >= 0.3 is 0 Å². The van der Waals surface area contributed by atoms with Crippen LogP contribution in [0.5, 0.6) is 0 Å². The molecule has 0 spiro atoms. The van der Waals surface area contributed by atoms with Gasteiger partial charge < -0.3 is 22.1 Å². The Morgan fingerprint density at radius 2 is 0.861 bits per heavy atom. The maximum atomic E-state index is 13.2. The molecule has 6 heteroatoms. The summed E-state index contributed by atoms with van der Waals surface area (Å²) in [5.74, 6) is 4.43. The van der Waals surface area contributed by atoms with Crippen molar-refractivity contribution in [3.05, 3.63) is 119 Å². The minimum atomic E-state index is -0.606. The van der Waals surface area contributed by atoms with E-state index in [1.54, 1.807) is 30.7 Å². The Hall–Kier alpha value is -3.93. The van der Waals surface area contributed by atoms with E-state index < -0.39 is 16.2 Å². The lowest BCUT2D eigenvalue weighted by Crippen LogP contribution is -2.19. The van der Waals surface area contributed by atoms with E-state index in [2.05, 4.69) is 13.8 Å². The normalized spacial score (nSPS) is 12.8. The highest BCUT2D eigenvalue weighted by Crippen LogP contribution is 2.39. The predicted molar refractivity (Wildman–Crippen MR) is 133 cm³/mol. The zero-order valence-electron chi connectivity index (χ0n) is 21.4. The van der Waals surface area contributed by atoms with E-state index in [1.165, 1.54) is 0 Å². The van der Waals surface area contributed by atoms with Gasteiger partial charge in [0.2, 0.25) is 0 Å². The Morgan fingerprint density at radius 1 is 0.500 bits per heavy atom. The summed E-state index contributed by atoms with van der Waals surface area (Å²) < 4.78 is 29.5. The summed E-state index contributed by atoms with van der Waals surface area (Å²) in [7, 11) is 0. The molecule has 5 heterocycles. The summed E-state index contributed by atoms with van der Waals surface area (Å²) in [6.45, 7) is 12.1. The van der Waals surface area contributed by atoms with E-state index in [-0.39, 0.29) is 17.3 Å². The Morgan fingerprint density at radius 3 is 1.25 bits per heavy atom. The van der Waals surface area contributed by atoms with Crippen molar-refractivity contribution in [2.24, 2.45) is 0 Å². The number of hydrogen-bond donors (Lipinski definition) is 0. The van der Waals surface area contributed by atoms with Gasteiger partial charge in [0.05, 0.1) is 28.8 Å². The monoisotopic (exact) mass is 486 g/mol. The van der Waals surface area contributed by atoms with Crippen LogP contribution < -0.4 is 0 Å². The summed E-state index contributed by atoms with van der Waals surface area (Å²) in [4.78, 5) is 13.2. The molecule has 0 atom stereocenters. The molecular formula is C30H30O6. The van der Waals surface area contributed by atoms with Gasteiger partial charge in [-0.05, 0) is 102 Å². The average molecular weight is 487 g/mol. The number of furan rings is 5. The molecule has 0 radical (unpaired) electrons. The molecule has 5 aromatic heterocycles. The van der Waals surface area contributed by atoms with Crippen molar-refractivity contribution in [3.8, 4) is 0 Å². The van der Waals surface area contributed by atoms with Gasteiger partial charge in [-0.15, -0.1) is 0 Å². The van der Waals surface area contributed by atoms with E-state index >= 15 is 0 Å². The van der Waals surface area contributed by atoms with E-state index in [9.17, 15) is 4.79 Å². The quantitative estimate of drug-likeness (QED) is 0.208. The third-order valence-electron chi connectivity index (χ3n) is 7.00. The SMILES string of the molecule is CC(C)(c1ccco1)c1ccc(C(=O)c2ccc(C(C)(C)c3ccc(C(C)(C)c4ccco4)o3)o2)o1. The molecule has 0 N–H and O–H groups in total. The predicted octanol–water partition coefficient (Wildman–Crippen LogP) is 7.86. The second-order valence-electron chi connectivity index (χ2n) is 10.7. The van der Waals surface area contributed by atoms with Gasteiger partial charge in [-0.2, -0.15) is 0 Å². The number of carbonyl (C=O) groups is 1. The first kappa shape index (κ1) is 23.8. The molecule has 0 saturated heterocycles. The highest BCUT2D eigenvalue weighted by atomic mass is 16.4.